The first-order valence-corrected chi connectivity index (χ1v) is 7.42. The molecule has 0 aliphatic heterocycles. The average molecular weight is 342 g/mol. The maximum absolute atomic E-state index is 9.17. The molecule has 0 atom stereocenters. The van der Waals surface area contributed by atoms with Crippen LogP contribution in [0.25, 0.3) is 5.69 Å². The molecule has 0 spiro atoms. The smallest absolute Gasteiger partial charge is 0.177 e. The van der Waals surface area contributed by atoms with Gasteiger partial charge in [0.25, 0.3) is 0 Å². The van der Waals surface area contributed by atoms with E-state index in [9.17, 15) is 5.26 Å². The van der Waals surface area contributed by atoms with Gasteiger partial charge in [-0.25, -0.2) is 4.98 Å². The molecule has 5 nitrogen and oxygen atoms in total. The summed E-state index contributed by atoms with van der Waals surface area (Å²) in [6, 6.07) is 10.5. The fourth-order valence-corrected chi connectivity index (χ4v) is 2.61. The summed E-state index contributed by atoms with van der Waals surface area (Å²) in [6.45, 7) is 0.823. The largest absolute Gasteiger partial charge is 0.310 e. The van der Waals surface area contributed by atoms with Crippen LogP contribution in [0.5, 0.6) is 0 Å². The van der Waals surface area contributed by atoms with Gasteiger partial charge >= 0.3 is 0 Å². The van der Waals surface area contributed by atoms with Crippen LogP contribution in [0, 0.1) is 22.7 Å². The minimum absolute atomic E-state index is 0.146. The van der Waals surface area contributed by atoms with E-state index in [4.69, 9.17) is 5.26 Å². The molecule has 0 bridgehead atoms. The van der Waals surface area contributed by atoms with Gasteiger partial charge in [-0.15, -0.1) is 0 Å². The summed E-state index contributed by atoms with van der Waals surface area (Å²) >= 11 is 3.56. The van der Waals surface area contributed by atoms with Crippen LogP contribution in [0.4, 0.5) is 0 Å². The standard InChI is InChI=1S/C15H12BrN5/c16-13-5-12(4-1-10(13)8-19-11-2-3-11)21-9-20-14(6-17)15(21)7-18/h1,4-5,9,11,19H,2-3,8H2. The number of nitrogens with one attached hydrogen (secondary N) is 1. The van der Waals surface area contributed by atoms with Crippen LogP contribution in [0.2, 0.25) is 0 Å². The van der Waals surface area contributed by atoms with Crippen LogP contribution in [-0.4, -0.2) is 15.6 Å². The van der Waals surface area contributed by atoms with Gasteiger partial charge in [0.15, 0.2) is 11.4 Å². The highest BCUT2D eigenvalue weighted by molar-refractivity contribution is 9.10. The normalized spacial score (nSPS) is 13.7. The van der Waals surface area contributed by atoms with Crippen molar-refractivity contribution in [3.8, 4) is 17.8 Å². The van der Waals surface area contributed by atoms with Crippen molar-refractivity contribution < 1.29 is 0 Å². The second kappa shape index (κ2) is 5.69. The summed E-state index contributed by atoms with van der Waals surface area (Å²) in [5.41, 5.74) is 2.38. The van der Waals surface area contributed by atoms with Gasteiger partial charge in [-0.3, -0.25) is 4.57 Å². The lowest BCUT2D eigenvalue weighted by atomic mass is 10.2. The van der Waals surface area contributed by atoms with Crippen molar-refractivity contribution in [3.63, 3.8) is 0 Å². The number of nitrogens with zero attached hydrogens (tertiary/aromatic N) is 4. The van der Waals surface area contributed by atoms with Crippen molar-refractivity contribution in [1.29, 1.82) is 10.5 Å². The second-order valence-corrected chi connectivity index (χ2v) is 5.82. The Morgan fingerprint density at radius 3 is 2.76 bits per heavy atom. The molecule has 6 heteroatoms. The highest BCUT2D eigenvalue weighted by atomic mass is 79.9. The van der Waals surface area contributed by atoms with E-state index >= 15 is 0 Å². The van der Waals surface area contributed by atoms with Gasteiger partial charge in [-0.1, -0.05) is 22.0 Å². The fourth-order valence-electron chi connectivity index (χ4n) is 2.10. The van der Waals surface area contributed by atoms with E-state index < -0.39 is 0 Å². The zero-order valence-corrected chi connectivity index (χ0v) is 12.8. The molecule has 1 aromatic heterocycles. The third kappa shape index (κ3) is 2.82. The molecule has 1 heterocycles. The third-order valence-electron chi connectivity index (χ3n) is 3.45. The van der Waals surface area contributed by atoms with Gasteiger partial charge in [0.2, 0.25) is 0 Å². The molecule has 0 saturated heterocycles. The van der Waals surface area contributed by atoms with Gasteiger partial charge < -0.3 is 5.32 Å². The summed E-state index contributed by atoms with van der Waals surface area (Å²) in [5.74, 6) is 0. The van der Waals surface area contributed by atoms with Gasteiger partial charge in [0.05, 0.1) is 0 Å². The lowest BCUT2D eigenvalue weighted by molar-refractivity contribution is 0.686. The van der Waals surface area contributed by atoms with E-state index in [1.807, 2.05) is 30.3 Å². The van der Waals surface area contributed by atoms with E-state index in [0.29, 0.717) is 6.04 Å². The van der Waals surface area contributed by atoms with Crippen LogP contribution in [0.1, 0.15) is 29.8 Å². The van der Waals surface area contributed by atoms with Crippen molar-refractivity contribution >= 4 is 15.9 Å². The van der Waals surface area contributed by atoms with E-state index in [-0.39, 0.29) is 11.4 Å². The summed E-state index contributed by atoms with van der Waals surface area (Å²) in [6.07, 6.45) is 4.02. The van der Waals surface area contributed by atoms with Crippen molar-refractivity contribution in [2.45, 2.75) is 25.4 Å². The Kier molecular flexibility index (Phi) is 3.74. The maximum Gasteiger partial charge on any atom is 0.177 e. The quantitative estimate of drug-likeness (QED) is 0.927. The number of rotatable bonds is 4. The number of benzene rings is 1. The molecule has 0 unspecified atom stereocenters. The van der Waals surface area contributed by atoms with Gasteiger partial charge in [-0.2, -0.15) is 10.5 Å². The number of halogens is 1. The second-order valence-electron chi connectivity index (χ2n) is 4.97. The van der Waals surface area contributed by atoms with Crippen molar-refractivity contribution in [1.82, 2.24) is 14.9 Å². The van der Waals surface area contributed by atoms with Gasteiger partial charge in [-0.05, 0) is 30.5 Å². The molecule has 1 aliphatic carbocycles. The average Bonchev–Trinajstić information content (AvgIpc) is 3.23. The van der Waals surface area contributed by atoms with Crippen LogP contribution in [0.15, 0.2) is 29.0 Å². The third-order valence-corrected chi connectivity index (χ3v) is 4.19. The molecule has 1 N–H and O–H groups in total. The SMILES string of the molecule is N#Cc1ncn(-c2ccc(CNC3CC3)c(Br)c2)c1C#N. The predicted octanol–water partition coefficient (Wildman–Crippen LogP) is 2.63. The molecule has 2 aromatic rings. The Hall–Kier alpha value is -2.15. The maximum atomic E-state index is 9.17. The van der Waals surface area contributed by atoms with Crippen molar-refractivity contribution in [3.05, 3.63) is 46.0 Å². The van der Waals surface area contributed by atoms with E-state index in [0.717, 1.165) is 16.7 Å². The minimum Gasteiger partial charge on any atom is -0.310 e. The first-order chi connectivity index (χ1) is 10.2. The van der Waals surface area contributed by atoms with Crippen molar-refractivity contribution in [2.75, 3.05) is 0 Å². The number of hydrogen-bond acceptors (Lipinski definition) is 4. The molecule has 3 rings (SSSR count). The van der Waals surface area contributed by atoms with Gasteiger partial charge in [0, 0.05) is 22.7 Å². The Balaban J connectivity index is 1.89. The van der Waals surface area contributed by atoms with Crippen molar-refractivity contribution in [2.24, 2.45) is 0 Å². The summed E-state index contributed by atoms with van der Waals surface area (Å²) in [4.78, 5) is 3.95. The highest BCUT2D eigenvalue weighted by Crippen LogP contribution is 2.24. The summed E-state index contributed by atoms with van der Waals surface area (Å²) < 4.78 is 2.60. The van der Waals surface area contributed by atoms with Crippen LogP contribution < -0.4 is 5.32 Å². The number of hydrogen-bond donors (Lipinski definition) is 1. The lowest BCUT2D eigenvalue weighted by Gasteiger charge is -2.09. The predicted molar refractivity (Wildman–Crippen MR) is 80.6 cm³/mol. The number of imidazole rings is 1. The number of nitriles is 2. The molecule has 0 amide bonds. The summed E-state index contributed by atoms with van der Waals surface area (Å²) in [5, 5.41) is 21.6. The molecular weight excluding hydrogens is 330 g/mol. The molecule has 1 saturated carbocycles. The van der Waals surface area contributed by atoms with E-state index in [1.165, 1.54) is 24.7 Å². The molecule has 21 heavy (non-hydrogen) atoms. The highest BCUT2D eigenvalue weighted by Gasteiger charge is 2.20. The lowest BCUT2D eigenvalue weighted by Crippen LogP contribution is -2.15. The monoisotopic (exact) mass is 341 g/mol. The zero-order valence-electron chi connectivity index (χ0n) is 11.2. The summed E-state index contributed by atoms with van der Waals surface area (Å²) in [7, 11) is 0. The molecule has 104 valence electrons. The molecule has 1 aliphatic rings. The first kappa shape index (κ1) is 13.8. The number of aromatic nitrogens is 2. The van der Waals surface area contributed by atoms with Crippen LogP contribution in [-0.2, 0) is 6.54 Å². The molecule has 1 fully saturated rings. The minimum atomic E-state index is 0.146. The molecular formula is C15H12BrN5. The van der Waals surface area contributed by atoms with E-state index in [2.05, 4.69) is 26.2 Å². The Labute approximate surface area is 131 Å². The Morgan fingerprint density at radius 2 is 2.14 bits per heavy atom. The molecule has 1 aromatic carbocycles. The fraction of sp³-hybridized carbons (Fsp3) is 0.267. The topological polar surface area (TPSA) is 77.4 Å². The van der Waals surface area contributed by atoms with E-state index in [1.54, 1.807) is 4.57 Å². The van der Waals surface area contributed by atoms with Crippen LogP contribution >= 0.6 is 15.9 Å². The first-order valence-electron chi connectivity index (χ1n) is 6.62. The zero-order chi connectivity index (χ0) is 14.8. The Morgan fingerprint density at radius 1 is 1.33 bits per heavy atom. The Bertz CT molecular complexity index is 761. The van der Waals surface area contributed by atoms with Gasteiger partial charge in [0.1, 0.15) is 18.5 Å². The van der Waals surface area contributed by atoms with Crippen LogP contribution in [0.3, 0.4) is 0 Å². The molecule has 0 radical (unpaired) electrons.